The molecule has 0 N–H and O–H groups in total. The van der Waals surface area contributed by atoms with Gasteiger partial charge in [0.1, 0.15) is 0 Å². The Bertz CT molecular complexity index is 414. The Morgan fingerprint density at radius 2 is 2.07 bits per heavy atom. The number of hydrogen-bond donors (Lipinski definition) is 0. The van der Waals surface area contributed by atoms with E-state index in [0.717, 1.165) is 10.8 Å². The highest BCUT2D eigenvalue weighted by Gasteiger charge is 2.01. The highest BCUT2D eigenvalue weighted by Crippen LogP contribution is 2.20. The zero-order chi connectivity index (χ0) is 9.10. The molecule has 0 saturated carbocycles. The SMILES string of the molecule is CCOc1nncc2ccccc12.Cl. The number of aromatic nitrogens is 2. The molecule has 1 heterocycles. The van der Waals surface area contributed by atoms with Gasteiger partial charge in [0.15, 0.2) is 0 Å². The maximum atomic E-state index is 5.35. The van der Waals surface area contributed by atoms with Gasteiger partial charge < -0.3 is 4.74 Å². The first-order chi connectivity index (χ1) is 6.42. The van der Waals surface area contributed by atoms with Crippen LogP contribution in [0, 0.1) is 0 Å². The molecule has 0 aliphatic rings. The summed E-state index contributed by atoms with van der Waals surface area (Å²) in [7, 11) is 0. The van der Waals surface area contributed by atoms with Crippen molar-refractivity contribution in [1.82, 2.24) is 10.2 Å². The van der Waals surface area contributed by atoms with Gasteiger partial charge in [0.25, 0.3) is 0 Å². The Morgan fingerprint density at radius 1 is 1.29 bits per heavy atom. The second kappa shape index (κ2) is 4.77. The molecule has 2 aromatic rings. The molecule has 0 aliphatic carbocycles. The summed E-state index contributed by atoms with van der Waals surface area (Å²) in [5, 5.41) is 9.85. The largest absolute Gasteiger partial charge is 0.476 e. The lowest BCUT2D eigenvalue weighted by Gasteiger charge is -2.03. The van der Waals surface area contributed by atoms with Gasteiger partial charge in [-0.15, -0.1) is 17.5 Å². The molecule has 1 aromatic carbocycles. The Labute approximate surface area is 88.5 Å². The monoisotopic (exact) mass is 210 g/mol. The number of hydrogen-bond acceptors (Lipinski definition) is 3. The fourth-order valence-corrected chi connectivity index (χ4v) is 1.25. The van der Waals surface area contributed by atoms with Crippen molar-refractivity contribution in [2.45, 2.75) is 6.92 Å². The van der Waals surface area contributed by atoms with Gasteiger partial charge in [-0.1, -0.05) is 18.2 Å². The summed E-state index contributed by atoms with van der Waals surface area (Å²) in [6.07, 6.45) is 1.73. The molecule has 1 aromatic heterocycles. The molecule has 0 unspecified atom stereocenters. The van der Waals surface area contributed by atoms with Gasteiger partial charge in [-0.2, -0.15) is 5.10 Å². The van der Waals surface area contributed by atoms with Gasteiger partial charge in [-0.25, -0.2) is 0 Å². The van der Waals surface area contributed by atoms with Crippen LogP contribution in [0.3, 0.4) is 0 Å². The van der Waals surface area contributed by atoms with Crippen molar-refractivity contribution in [3.8, 4) is 5.88 Å². The topological polar surface area (TPSA) is 35.0 Å². The van der Waals surface area contributed by atoms with E-state index in [4.69, 9.17) is 4.74 Å². The Balaban J connectivity index is 0.000000980. The van der Waals surface area contributed by atoms with Crippen LogP contribution in [0.15, 0.2) is 30.5 Å². The minimum atomic E-state index is 0. The van der Waals surface area contributed by atoms with Crippen LogP contribution in [0.4, 0.5) is 0 Å². The van der Waals surface area contributed by atoms with Gasteiger partial charge in [0, 0.05) is 10.8 Å². The lowest BCUT2D eigenvalue weighted by molar-refractivity contribution is 0.327. The quantitative estimate of drug-likeness (QED) is 0.764. The van der Waals surface area contributed by atoms with Crippen LogP contribution in [0.5, 0.6) is 5.88 Å². The summed E-state index contributed by atoms with van der Waals surface area (Å²) in [5.41, 5.74) is 0. The minimum Gasteiger partial charge on any atom is -0.476 e. The molecule has 0 fully saturated rings. The molecule has 4 heteroatoms. The second-order valence-electron chi connectivity index (χ2n) is 2.67. The summed E-state index contributed by atoms with van der Waals surface area (Å²) in [5.74, 6) is 0.612. The van der Waals surface area contributed by atoms with E-state index in [-0.39, 0.29) is 12.4 Å². The van der Waals surface area contributed by atoms with Crippen molar-refractivity contribution in [3.05, 3.63) is 30.5 Å². The van der Waals surface area contributed by atoms with Crippen molar-refractivity contribution < 1.29 is 4.74 Å². The maximum Gasteiger partial charge on any atom is 0.241 e. The van der Waals surface area contributed by atoms with E-state index in [9.17, 15) is 0 Å². The van der Waals surface area contributed by atoms with Crippen LogP contribution in [0.2, 0.25) is 0 Å². The van der Waals surface area contributed by atoms with Gasteiger partial charge in [0.2, 0.25) is 5.88 Å². The van der Waals surface area contributed by atoms with Crippen LogP contribution in [-0.2, 0) is 0 Å². The molecular formula is C10H11ClN2O. The first kappa shape index (κ1) is 10.7. The highest BCUT2D eigenvalue weighted by molar-refractivity contribution is 5.86. The van der Waals surface area contributed by atoms with E-state index < -0.39 is 0 Å². The van der Waals surface area contributed by atoms with Crippen LogP contribution in [0.25, 0.3) is 10.8 Å². The van der Waals surface area contributed by atoms with Crippen molar-refractivity contribution in [1.29, 1.82) is 0 Å². The summed E-state index contributed by atoms with van der Waals surface area (Å²) in [6, 6.07) is 7.91. The summed E-state index contributed by atoms with van der Waals surface area (Å²) < 4.78 is 5.35. The number of ether oxygens (including phenoxy) is 1. The first-order valence-electron chi connectivity index (χ1n) is 4.25. The predicted molar refractivity (Wildman–Crippen MR) is 58.0 cm³/mol. The fraction of sp³-hybridized carbons (Fsp3) is 0.200. The van der Waals surface area contributed by atoms with E-state index in [0.29, 0.717) is 12.5 Å². The molecule has 0 radical (unpaired) electrons. The molecule has 0 atom stereocenters. The van der Waals surface area contributed by atoms with E-state index in [1.807, 2.05) is 31.2 Å². The van der Waals surface area contributed by atoms with E-state index in [1.54, 1.807) is 6.20 Å². The van der Waals surface area contributed by atoms with E-state index in [1.165, 1.54) is 0 Å². The smallest absolute Gasteiger partial charge is 0.241 e. The standard InChI is InChI=1S/C10H10N2O.ClH/c1-2-13-10-9-6-4-3-5-8(9)7-11-12-10;/h3-7H,2H2,1H3;1H. The van der Waals surface area contributed by atoms with Crippen LogP contribution >= 0.6 is 12.4 Å². The number of benzene rings is 1. The molecule has 14 heavy (non-hydrogen) atoms. The second-order valence-corrected chi connectivity index (χ2v) is 2.67. The molecule has 0 spiro atoms. The number of nitrogens with zero attached hydrogens (tertiary/aromatic N) is 2. The maximum absolute atomic E-state index is 5.35. The number of fused-ring (bicyclic) bond motifs is 1. The summed E-state index contributed by atoms with van der Waals surface area (Å²) in [6.45, 7) is 2.55. The van der Waals surface area contributed by atoms with Crippen LogP contribution in [0.1, 0.15) is 6.92 Å². The molecule has 2 rings (SSSR count). The van der Waals surface area contributed by atoms with Gasteiger partial charge in [-0.05, 0) is 13.0 Å². The van der Waals surface area contributed by atoms with Gasteiger partial charge >= 0.3 is 0 Å². The van der Waals surface area contributed by atoms with Crippen molar-refractivity contribution >= 4 is 23.2 Å². The zero-order valence-corrected chi connectivity index (χ0v) is 8.62. The third-order valence-corrected chi connectivity index (χ3v) is 1.82. The van der Waals surface area contributed by atoms with Crippen LogP contribution < -0.4 is 4.74 Å². The third-order valence-electron chi connectivity index (χ3n) is 1.82. The van der Waals surface area contributed by atoms with Gasteiger partial charge in [-0.3, -0.25) is 0 Å². The molecule has 74 valence electrons. The van der Waals surface area contributed by atoms with Crippen molar-refractivity contribution in [2.75, 3.05) is 6.61 Å². The third kappa shape index (κ3) is 1.93. The molecule has 0 bridgehead atoms. The summed E-state index contributed by atoms with van der Waals surface area (Å²) >= 11 is 0. The fourth-order valence-electron chi connectivity index (χ4n) is 1.25. The molecule has 3 nitrogen and oxygen atoms in total. The molecule has 0 saturated heterocycles. The average molecular weight is 211 g/mol. The molecular weight excluding hydrogens is 200 g/mol. The zero-order valence-electron chi connectivity index (χ0n) is 7.80. The molecule has 0 amide bonds. The normalized spacial score (nSPS) is 9.50. The lowest BCUT2D eigenvalue weighted by atomic mass is 10.2. The highest BCUT2D eigenvalue weighted by atomic mass is 35.5. The first-order valence-corrected chi connectivity index (χ1v) is 4.25. The average Bonchev–Trinajstić information content (AvgIpc) is 2.19. The van der Waals surface area contributed by atoms with E-state index >= 15 is 0 Å². The number of rotatable bonds is 2. The van der Waals surface area contributed by atoms with Crippen molar-refractivity contribution in [2.24, 2.45) is 0 Å². The van der Waals surface area contributed by atoms with Gasteiger partial charge in [0.05, 0.1) is 12.8 Å². The number of halogens is 1. The Morgan fingerprint density at radius 3 is 2.86 bits per heavy atom. The Hall–Kier alpha value is -1.35. The minimum absolute atomic E-state index is 0. The molecule has 0 aliphatic heterocycles. The van der Waals surface area contributed by atoms with Crippen LogP contribution in [-0.4, -0.2) is 16.8 Å². The Kier molecular flexibility index (Phi) is 3.65. The van der Waals surface area contributed by atoms with Crippen molar-refractivity contribution in [3.63, 3.8) is 0 Å². The lowest BCUT2D eigenvalue weighted by Crippen LogP contribution is -1.96. The predicted octanol–water partition coefficient (Wildman–Crippen LogP) is 2.45. The summed E-state index contributed by atoms with van der Waals surface area (Å²) in [4.78, 5) is 0. The van der Waals surface area contributed by atoms with E-state index in [2.05, 4.69) is 10.2 Å².